The third kappa shape index (κ3) is 3.54. The maximum atomic E-state index is 14.0. The number of rotatable bonds is 5. The van der Waals surface area contributed by atoms with E-state index in [9.17, 15) is 4.39 Å². The van der Waals surface area contributed by atoms with Crippen LogP contribution in [0.2, 0.25) is 0 Å². The number of furan rings is 1. The van der Waals surface area contributed by atoms with E-state index in [0.29, 0.717) is 22.9 Å². The largest absolute Gasteiger partial charge is 0.461 e. The Labute approximate surface area is 162 Å². The molecule has 0 aliphatic carbocycles. The summed E-state index contributed by atoms with van der Waals surface area (Å²) in [5.41, 5.74) is 0.670. The average Bonchev–Trinajstić information content (AvgIpc) is 3.31. The first-order valence-corrected chi connectivity index (χ1v) is 9.51. The lowest BCUT2D eigenvalue weighted by molar-refractivity contribution is 0.194. The molecule has 1 aliphatic heterocycles. The van der Waals surface area contributed by atoms with Crippen LogP contribution in [0.25, 0.3) is 11.6 Å². The Morgan fingerprint density at radius 2 is 1.89 bits per heavy atom. The van der Waals surface area contributed by atoms with Gasteiger partial charge in [-0.3, -0.25) is 9.47 Å². The van der Waals surface area contributed by atoms with Crippen LogP contribution in [-0.2, 0) is 13.2 Å². The van der Waals surface area contributed by atoms with E-state index in [1.165, 1.54) is 6.07 Å². The first-order valence-electron chi connectivity index (χ1n) is 9.10. The summed E-state index contributed by atoms with van der Waals surface area (Å²) in [6.45, 7) is 6.58. The van der Waals surface area contributed by atoms with Crippen molar-refractivity contribution in [1.29, 1.82) is 0 Å². The van der Waals surface area contributed by atoms with Gasteiger partial charge in [0.2, 0.25) is 0 Å². The second-order valence-electron chi connectivity index (χ2n) is 6.53. The fourth-order valence-electron chi connectivity index (χ4n) is 3.43. The molecule has 3 heterocycles. The lowest BCUT2D eigenvalue weighted by Gasteiger charge is -2.35. The molecule has 27 heavy (non-hydrogen) atoms. The standard InChI is InChI=1S/C19H22FN5OS/c1-2-24-18(17-8-5-13-26-17)21-25(19(24)27)14-22-9-11-23(12-10-22)16-7-4-3-6-15(16)20/h3-8,13H,2,9-12,14H2,1H3. The van der Waals surface area contributed by atoms with Crippen molar-refractivity contribution in [2.75, 3.05) is 31.1 Å². The van der Waals surface area contributed by atoms with Gasteiger partial charge < -0.3 is 9.32 Å². The summed E-state index contributed by atoms with van der Waals surface area (Å²) < 4.78 is 24.0. The number of benzene rings is 1. The van der Waals surface area contributed by atoms with E-state index in [0.717, 1.165) is 38.5 Å². The van der Waals surface area contributed by atoms with Gasteiger partial charge in [-0.15, -0.1) is 5.10 Å². The van der Waals surface area contributed by atoms with Crippen molar-refractivity contribution in [3.8, 4) is 11.6 Å². The molecule has 2 aromatic heterocycles. The van der Waals surface area contributed by atoms with E-state index in [4.69, 9.17) is 16.6 Å². The van der Waals surface area contributed by atoms with Gasteiger partial charge in [-0.05, 0) is 43.4 Å². The number of anilines is 1. The van der Waals surface area contributed by atoms with Crippen LogP contribution >= 0.6 is 12.2 Å². The summed E-state index contributed by atoms with van der Waals surface area (Å²) >= 11 is 5.61. The van der Waals surface area contributed by atoms with Gasteiger partial charge in [-0.1, -0.05) is 12.1 Å². The third-order valence-corrected chi connectivity index (χ3v) is 5.31. The number of hydrogen-bond donors (Lipinski definition) is 0. The van der Waals surface area contributed by atoms with Crippen molar-refractivity contribution in [3.05, 3.63) is 53.2 Å². The number of para-hydroxylation sites is 1. The third-order valence-electron chi connectivity index (χ3n) is 4.88. The second kappa shape index (κ2) is 7.66. The molecule has 1 fully saturated rings. The van der Waals surface area contributed by atoms with Gasteiger partial charge in [-0.25, -0.2) is 9.07 Å². The molecular weight excluding hydrogens is 365 g/mol. The number of aromatic nitrogens is 3. The molecule has 1 aliphatic rings. The minimum absolute atomic E-state index is 0.169. The lowest BCUT2D eigenvalue weighted by atomic mass is 10.2. The molecule has 0 bridgehead atoms. The Bertz CT molecular complexity index is 957. The van der Waals surface area contributed by atoms with Crippen LogP contribution in [0.5, 0.6) is 0 Å². The van der Waals surface area contributed by atoms with Crippen molar-refractivity contribution >= 4 is 17.9 Å². The van der Waals surface area contributed by atoms with Crippen molar-refractivity contribution in [1.82, 2.24) is 19.2 Å². The molecule has 0 radical (unpaired) electrons. The highest BCUT2D eigenvalue weighted by molar-refractivity contribution is 7.71. The van der Waals surface area contributed by atoms with E-state index in [1.54, 1.807) is 12.3 Å². The highest BCUT2D eigenvalue weighted by Crippen LogP contribution is 2.21. The molecule has 0 amide bonds. The summed E-state index contributed by atoms with van der Waals surface area (Å²) in [5.74, 6) is 1.29. The van der Waals surface area contributed by atoms with E-state index >= 15 is 0 Å². The topological polar surface area (TPSA) is 42.4 Å². The van der Waals surface area contributed by atoms with Gasteiger partial charge >= 0.3 is 0 Å². The molecule has 8 heteroatoms. The van der Waals surface area contributed by atoms with Crippen LogP contribution in [0.1, 0.15) is 6.92 Å². The van der Waals surface area contributed by atoms with E-state index in [2.05, 4.69) is 14.9 Å². The predicted octanol–water partition coefficient (Wildman–Crippen LogP) is 3.61. The molecule has 1 aromatic carbocycles. The Balaban J connectivity index is 1.47. The minimum Gasteiger partial charge on any atom is -0.461 e. The van der Waals surface area contributed by atoms with Gasteiger partial charge in [0.25, 0.3) is 0 Å². The fraction of sp³-hybridized carbons (Fsp3) is 0.368. The summed E-state index contributed by atoms with van der Waals surface area (Å²) in [5, 5.41) is 4.67. The van der Waals surface area contributed by atoms with Gasteiger partial charge in [0, 0.05) is 32.7 Å². The Kier molecular flexibility index (Phi) is 5.09. The van der Waals surface area contributed by atoms with E-state index < -0.39 is 0 Å². The van der Waals surface area contributed by atoms with Crippen molar-refractivity contribution < 1.29 is 8.81 Å². The fourth-order valence-corrected chi connectivity index (χ4v) is 3.75. The zero-order chi connectivity index (χ0) is 18.8. The van der Waals surface area contributed by atoms with Crippen LogP contribution in [0, 0.1) is 10.6 Å². The van der Waals surface area contributed by atoms with Gasteiger partial charge in [0.1, 0.15) is 5.82 Å². The Hall–Kier alpha value is -2.45. The summed E-state index contributed by atoms with van der Waals surface area (Å²) in [6.07, 6.45) is 1.64. The molecule has 6 nitrogen and oxygen atoms in total. The first-order chi connectivity index (χ1) is 13.2. The molecule has 142 valence electrons. The van der Waals surface area contributed by atoms with Crippen LogP contribution < -0.4 is 4.90 Å². The summed E-state index contributed by atoms with van der Waals surface area (Å²) in [7, 11) is 0. The van der Waals surface area contributed by atoms with Crippen molar-refractivity contribution in [2.45, 2.75) is 20.1 Å². The summed E-state index contributed by atoms with van der Waals surface area (Å²) in [4.78, 5) is 4.37. The molecular formula is C19H22FN5OS. The average molecular weight is 387 g/mol. The molecule has 4 rings (SSSR count). The van der Waals surface area contributed by atoms with Crippen LogP contribution in [0.4, 0.5) is 10.1 Å². The van der Waals surface area contributed by atoms with E-state index in [-0.39, 0.29) is 5.82 Å². The molecule has 0 spiro atoms. The predicted molar refractivity (Wildman–Crippen MR) is 105 cm³/mol. The molecule has 0 N–H and O–H groups in total. The number of nitrogens with zero attached hydrogens (tertiary/aromatic N) is 5. The van der Waals surface area contributed by atoms with Gasteiger partial charge in [0.15, 0.2) is 16.4 Å². The SMILES string of the molecule is CCn1c(-c2ccco2)nn(CN2CCN(c3ccccc3F)CC2)c1=S. The molecule has 1 saturated heterocycles. The monoisotopic (exact) mass is 387 g/mol. The number of hydrogen-bond acceptors (Lipinski definition) is 5. The first kappa shape index (κ1) is 17.9. The number of halogens is 1. The van der Waals surface area contributed by atoms with Crippen LogP contribution in [0.3, 0.4) is 0 Å². The van der Waals surface area contributed by atoms with Crippen molar-refractivity contribution in [2.24, 2.45) is 0 Å². The van der Waals surface area contributed by atoms with Crippen LogP contribution in [0.15, 0.2) is 47.1 Å². The zero-order valence-corrected chi connectivity index (χ0v) is 16.0. The quantitative estimate of drug-likeness (QED) is 0.626. The highest BCUT2D eigenvalue weighted by atomic mass is 32.1. The van der Waals surface area contributed by atoms with Crippen LogP contribution in [-0.4, -0.2) is 45.4 Å². The highest BCUT2D eigenvalue weighted by Gasteiger charge is 2.21. The smallest absolute Gasteiger partial charge is 0.199 e. The zero-order valence-electron chi connectivity index (χ0n) is 15.2. The molecule has 0 unspecified atom stereocenters. The molecule has 0 atom stereocenters. The normalized spacial score (nSPS) is 15.4. The summed E-state index contributed by atoms with van der Waals surface area (Å²) in [6, 6.07) is 10.7. The minimum atomic E-state index is -0.169. The molecule has 3 aromatic rings. The Morgan fingerprint density at radius 1 is 1.11 bits per heavy atom. The van der Waals surface area contributed by atoms with E-state index in [1.807, 2.05) is 40.4 Å². The Morgan fingerprint density at radius 3 is 2.56 bits per heavy atom. The molecule has 0 saturated carbocycles. The van der Waals surface area contributed by atoms with Gasteiger partial charge in [-0.2, -0.15) is 0 Å². The lowest BCUT2D eigenvalue weighted by Crippen LogP contribution is -2.47. The maximum Gasteiger partial charge on any atom is 0.199 e. The van der Waals surface area contributed by atoms with Crippen molar-refractivity contribution in [3.63, 3.8) is 0 Å². The van der Waals surface area contributed by atoms with Gasteiger partial charge in [0.05, 0.1) is 18.6 Å². The second-order valence-corrected chi connectivity index (χ2v) is 6.89. The number of piperazine rings is 1. The maximum absolute atomic E-state index is 14.0.